The van der Waals surface area contributed by atoms with Crippen LogP contribution in [0.5, 0.6) is 0 Å². The van der Waals surface area contributed by atoms with Gasteiger partial charge in [-0.1, -0.05) is 13.8 Å². The van der Waals surface area contributed by atoms with Gasteiger partial charge < -0.3 is 10.0 Å². The van der Waals surface area contributed by atoms with Crippen LogP contribution in [-0.2, 0) is 14.1 Å². The first-order valence-electron chi connectivity index (χ1n) is 10.7. The Balaban J connectivity index is 1.72. The Morgan fingerprint density at radius 3 is 2.33 bits per heavy atom. The number of carbonyl (C=O) groups is 1. The Bertz CT molecular complexity index is 1430. The Hall–Kier alpha value is -3.94. The molecule has 4 aromatic rings. The number of imidazole rings is 1. The average Bonchev–Trinajstić information content (AvgIpc) is 3.01. The predicted molar refractivity (Wildman–Crippen MR) is 129 cm³/mol. The van der Waals surface area contributed by atoms with Crippen LogP contribution in [0.2, 0.25) is 0 Å². The fraction of sp³-hybridized carbons (Fsp3) is 0.280. The number of carboxylic acids is 1. The number of anilines is 2. The average molecular weight is 446 g/mol. The molecule has 0 spiro atoms. The van der Waals surface area contributed by atoms with Gasteiger partial charge in [-0.2, -0.15) is 0 Å². The maximum atomic E-state index is 12.5. The normalized spacial score (nSPS) is 11.4. The molecule has 0 bridgehead atoms. The summed E-state index contributed by atoms with van der Waals surface area (Å²) in [5.41, 5.74) is 6.86. The Morgan fingerprint density at radius 1 is 1.03 bits per heavy atom. The van der Waals surface area contributed by atoms with Gasteiger partial charge in [-0.25, -0.2) is 14.6 Å². The van der Waals surface area contributed by atoms with Crippen molar-refractivity contribution in [3.8, 4) is 11.3 Å². The van der Waals surface area contributed by atoms with E-state index in [1.807, 2.05) is 37.2 Å². The van der Waals surface area contributed by atoms with E-state index in [4.69, 9.17) is 0 Å². The summed E-state index contributed by atoms with van der Waals surface area (Å²) in [6.07, 6.45) is 3.31. The summed E-state index contributed by atoms with van der Waals surface area (Å²) in [6, 6.07) is 9.78. The van der Waals surface area contributed by atoms with E-state index in [9.17, 15) is 14.7 Å². The first-order valence-corrected chi connectivity index (χ1v) is 10.7. The van der Waals surface area contributed by atoms with Crippen LogP contribution < -0.4 is 10.6 Å². The highest BCUT2D eigenvalue weighted by molar-refractivity contribution is 5.88. The van der Waals surface area contributed by atoms with Crippen molar-refractivity contribution in [1.82, 2.24) is 19.1 Å². The molecule has 1 N–H and O–H groups in total. The number of hydrogen-bond acceptors (Lipinski definition) is 5. The van der Waals surface area contributed by atoms with E-state index in [1.54, 1.807) is 35.4 Å². The SMILES string of the molecule is Cc1cc(-c2ccc(N(C)c3cc(C(C)C)c4c(c3)n(C)c(=O)n4C)cn2)cnc1C(=O)O. The third-order valence-electron chi connectivity index (χ3n) is 6.10. The number of aromatic carboxylic acids is 1. The molecule has 0 unspecified atom stereocenters. The lowest BCUT2D eigenvalue weighted by Crippen LogP contribution is -2.19. The topological polar surface area (TPSA) is 93.3 Å². The first-order chi connectivity index (χ1) is 15.6. The fourth-order valence-electron chi connectivity index (χ4n) is 4.15. The smallest absolute Gasteiger partial charge is 0.354 e. The van der Waals surface area contributed by atoms with Crippen LogP contribution in [0.3, 0.4) is 0 Å². The zero-order valence-electron chi connectivity index (χ0n) is 19.6. The van der Waals surface area contributed by atoms with Gasteiger partial charge in [0.2, 0.25) is 0 Å². The zero-order valence-corrected chi connectivity index (χ0v) is 19.6. The number of benzene rings is 1. The van der Waals surface area contributed by atoms with E-state index in [0.717, 1.165) is 33.5 Å². The molecule has 0 aliphatic heterocycles. The van der Waals surface area contributed by atoms with Crippen molar-refractivity contribution in [2.24, 2.45) is 14.1 Å². The fourth-order valence-corrected chi connectivity index (χ4v) is 4.15. The second-order valence-corrected chi connectivity index (χ2v) is 8.61. The third kappa shape index (κ3) is 3.77. The van der Waals surface area contributed by atoms with Crippen molar-refractivity contribution >= 4 is 28.4 Å². The molecule has 0 saturated carbocycles. The van der Waals surface area contributed by atoms with Crippen molar-refractivity contribution in [1.29, 1.82) is 0 Å². The van der Waals surface area contributed by atoms with Gasteiger partial charge in [0.25, 0.3) is 0 Å². The number of carboxylic acid groups (broad SMARTS) is 1. The number of hydrogen-bond donors (Lipinski definition) is 1. The van der Waals surface area contributed by atoms with Crippen LogP contribution >= 0.6 is 0 Å². The van der Waals surface area contributed by atoms with Crippen LogP contribution in [0, 0.1) is 6.92 Å². The van der Waals surface area contributed by atoms with Gasteiger partial charge in [-0.05, 0) is 54.3 Å². The molecule has 0 aliphatic carbocycles. The first kappa shape index (κ1) is 22.3. The Kier molecular flexibility index (Phi) is 5.53. The second-order valence-electron chi connectivity index (χ2n) is 8.61. The molecule has 0 amide bonds. The van der Waals surface area contributed by atoms with Crippen LogP contribution in [0.15, 0.2) is 47.5 Å². The zero-order chi connectivity index (χ0) is 24.0. The molecule has 0 aliphatic rings. The summed E-state index contributed by atoms with van der Waals surface area (Å²) in [7, 11) is 5.57. The van der Waals surface area contributed by atoms with Crippen molar-refractivity contribution in [2.75, 3.05) is 11.9 Å². The minimum absolute atomic E-state index is 0.0433. The van der Waals surface area contributed by atoms with E-state index in [0.29, 0.717) is 11.3 Å². The summed E-state index contributed by atoms with van der Waals surface area (Å²) in [5.74, 6) is -0.795. The van der Waals surface area contributed by atoms with Gasteiger partial charge in [0, 0.05) is 38.6 Å². The Morgan fingerprint density at radius 2 is 1.76 bits per heavy atom. The summed E-state index contributed by atoms with van der Waals surface area (Å²) in [5, 5.41) is 9.18. The number of pyridine rings is 2. The van der Waals surface area contributed by atoms with Gasteiger partial charge >= 0.3 is 11.7 Å². The molecule has 1 aromatic carbocycles. The molecular formula is C25H27N5O3. The molecule has 3 heterocycles. The van der Waals surface area contributed by atoms with E-state index in [-0.39, 0.29) is 17.3 Å². The molecule has 170 valence electrons. The molecule has 0 radical (unpaired) electrons. The number of fused-ring (bicyclic) bond motifs is 1. The molecule has 0 saturated heterocycles. The van der Waals surface area contributed by atoms with Gasteiger partial charge in [0.1, 0.15) is 0 Å². The quantitative estimate of drug-likeness (QED) is 0.494. The lowest BCUT2D eigenvalue weighted by atomic mass is 10.00. The van der Waals surface area contributed by atoms with Gasteiger partial charge in [-0.15, -0.1) is 0 Å². The summed E-state index contributed by atoms with van der Waals surface area (Å²) < 4.78 is 3.38. The number of aryl methyl sites for hydroxylation is 3. The minimum atomic E-state index is -1.04. The molecular weight excluding hydrogens is 418 g/mol. The lowest BCUT2D eigenvalue weighted by Gasteiger charge is -2.22. The van der Waals surface area contributed by atoms with Crippen molar-refractivity contribution < 1.29 is 9.90 Å². The standard InChI is InChI=1S/C25H27N5O3/c1-14(2)19-10-18(11-21-23(19)30(6)25(33)29(21)5)28(4)17-7-8-20(26-13-17)16-9-15(3)22(24(31)32)27-12-16/h7-14H,1-6H3,(H,31,32). The van der Waals surface area contributed by atoms with Crippen LogP contribution in [0.4, 0.5) is 11.4 Å². The van der Waals surface area contributed by atoms with E-state index in [2.05, 4.69) is 29.9 Å². The number of rotatable bonds is 5. The Labute approximate surface area is 191 Å². The predicted octanol–water partition coefficient (Wildman–Crippen LogP) is 4.23. The highest BCUT2D eigenvalue weighted by atomic mass is 16.4. The van der Waals surface area contributed by atoms with Gasteiger partial charge in [0.15, 0.2) is 5.69 Å². The lowest BCUT2D eigenvalue weighted by molar-refractivity contribution is 0.0689. The van der Waals surface area contributed by atoms with Crippen molar-refractivity contribution in [2.45, 2.75) is 26.7 Å². The van der Waals surface area contributed by atoms with Gasteiger partial charge in [0.05, 0.1) is 28.6 Å². The molecule has 4 rings (SSSR count). The molecule has 33 heavy (non-hydrogen) atoms. The van der Waals surface area contributed by atoms with Crippen molar-refractivity contribution in [3.05, 3.63) is 70.0 Å². The van der Waals surface area contributed by atoms with Crippen LogP contribution in [-0.4, -0.2) is 37.2 Å². The van der Waals surface area contributed by atoms with E-state index < -0.39 is 5.97 Å². The monoisotopic (exact) mass is 445 g/mol. The molecule has 8 heteroatoms. The molecule has 0 atom stereocenters. The van der Waals surface area contributed by atoms with E-state index in [1.165, 1.54) is 6.20 Å². The summed E-state index contributed by atoms with van der Waals surface area (Å²) in [4.78, 5) is 34.4. The van der Waals surface area contributed by atoms with E-state index >= 15 is 0 Å². The maximum absolute atomic E-state index is 12.5. The maximum Gasteiger partial charge on any atom is 0.354 e. The summed E-state index contributed by atoms with van der Waals surface area (Å²) >= 11 is 0. The highest BCUT2D eigenvalue weighted by Gasteiger charge is 2.18. The second kappa shape index (κ2) is 8.20. The van der Waals surface area contributed by atoms with Gasteiger partial charge in [-0.3, -0.25) is 14.1 Å². The highest BCUT2D eigenvalue weighted by Crippen LogP contribution is 2.33. The largest absolute Gasteiger partial charge is 0.477 e. The molecule has 3 aromatic heterocycles. The summed E-state index contributed by atoms with van der Waals surface area (Å²) in [6.45, 7) is 5.97. The third-order valence-corrected chi connectivity index (χ3v) is 6.10. The van der Waals surface area contributed by atoms with Crippen molar-refractivity contribution in [3.63, 3.8) is 0 Å². The number of nitrogens with zero attached hydrogens (tertiary/aromatic N) is 5. The van der Waals surface area contributed by atoms with Crippen LogP contribution in [0.1, 0.15) is 41.4 Å². The minimum Gasteiger partial charge on any atom is -0.477 e. The molecule has 0 fully saturated rings. The molecule has 8 nitrogen and oxygen atoms in total. The van der Waals surface area contributed by atoms with Crippen LogP contribution in [0.25, 0.3) is 22.3 Å². The number of aromatic nitrogens is 4.